The number of nitrogens with one attached hydrogen (secondary N) is 1. The molecule has 0 spiro atoms. The molecule has 1 aromatic carbocycles. The first-order chi connectivity index (χ1) is 9.37. The van der Waals surface area contributed by atoms with Gasteiger partial charge in [-0.25, -0.2) is 9.37 Å². The number of aryl methyl sites for hydroxylation is 1. The Hall–Kier alpha value is -1.63. The molecule has 1 saturated heterocycles. The molecule has 2 heterocycles. The van der Waals surface area contributed by atoms with Crippen molar-refractivity contribution in [3.63, 3.8) is 0 Å². The van der Waals surface area contributed by atoms with Crippen LogP contribution in [0.1, 0.15) is 12.2 Å². The normalized spacial score (nSPS) is 23.6. The van der Waals surface area contributed by atoms with Crippen LogP contribution in [0.3, 0.4) is 0 Å². The van der Waals surface area contributed by atoms with Crippen LogP contribution >= 0.6 is 0 Å². The van der Waals surface area contributed by atoms with Gasteiger partial charge in [-0.15, -0.1) is 0 Å². The maximum Gasteiger partial charge on any atom is 0.402 e. The Bertz CT molecular complexity index is 653. The van der Waals surface area contributed by atoms with Gasteiger partial charge in [0.2, 0.25) is 0 Å². The lowest BCUT2D eigenvalue weighted by Gasteiger charge is -2.30. The van der Waals surface area contributed by atoms with Crippen molar-refractivity contribution in [3.05, 3.63) is 29.8 Å². The van der Waals surface area contributed by atoms with Crippen molar-refractivity contribution in [2.75, 3.05) is 13.1 Å². The molecule has 1 aliphatic heterocycles. The Balaban J connectivity index is 2.28. The second kappa shape index (κ2) is 4.18. The highest BCUT2D eigenvalue weighted by Crippen LogP contribution is 2.45. The minimum Gasteiger partial charge on any atom is -0.330 e. The Kier molecular flexibility index (Phi) is 2.79. The maximum absolute atomic E-state index is 13.7. The molecule has 1 fully saturated rings. The Morgan fingerprint density at radius 1 is 1.35 bits per heavy atom. The number of para-hydroxylation sites is 1. The standard InChI is InChI=1S/C13H13F4N3/c1-20-9-4-2-3-8(14)10(9)19-11(20)12(13(15,16)17)5-6-18-7-12/h2-4,18H,5-7H2,1H3. The fourth-order valence-electron chi connectivity index (χ4n) is 2.86. The van der Waals surface area contributed by atoms with Gasteiger partial charge in [-0.2, -0.15) is 13.2 Å². The molecule has 1 aromatic heterocycles. The first-order valence-electron chi connectivity index (χ1n) is 6.26. The van der Waals surface area contributed by atoms with Crippen LogP contribution in [0.4, 0.5) is 17.6 Å². The minimum atomic E-state index is -4.43. The summed E-state index contributed by atoms with van der Waals surface area (Å²) in [6.45, 7) is 0.0421. The molecule has 1 unspecified atom stereocenters. The van der Waals surface area contributed by atoms with E-state index < -0.39 is 17.4 Å². The lowest BCUT2D eigenvalue weighted by atomic mass is 9.85. The molecule has 1 aliphatic rings. The zero-order chi connectivity index (χ0) is 14.5. The van der Waals surface area contributed by atoms with Crippen molar-refractivity contribution in [1.29, 1.82) is 0 Å². The topological polar surface area (TPSA) is 29.9 Å². The summed E-state index contributed by atoms with van der Waals surface area (Å²) >= 11 is 0. The summed E-state index contributed by atoms with van der Waals surface area (Å²) in [5.74, 6) is -0.734. The van der Waals surface area contributed by atoms with Gasteiger partial charge in [0, 0.05) is 13.6 Å². The lowest BCUT2D eigenvalue weighted by Crippen LogP contribution is -2.46. The number of aromatic nitrogens is 2. The van der Waals surface area contributed by atoms with Gasteiger partial charge in [0.1, 0.15) is 16.8 Å². The first kappa shape index (κ1) is 13.4. The molecule has 2 aromatic rings. The van der Waals surface area contributed by atoms with E-state index in [0.29, 0.717) is 5.52 Å². The number of hydrogen-bond donors (Lipinski definition) is 1. The van der Waals surface area contributed by atoms with Crippen LogP contribution in [-0.4, -0.2) is 28.8 Å². The van der Waals surface area contributed by atoms with Crippen molar-refractivity contribution in [2.24, 2.45) is 7.05 Å². The fourth-order valence-corrected chi connectivity index (χ4v) is 2.86. The summed E-state index contributed by atoms with van der Waals surface area (Å²) in [7, 11) is 1.50. The van der Waals surface area contributed by atoms with Crippen LogP contribution in [0.2, 0.25) is 0 Å². The van der Waals surface area contributed by atoms with Gasteiger partial charge in [0.15, 0.2) is 5.82 Å². The average Bonchev–Trinajstić information content (AvgIpc) is 2.96. The Morgan fingerprint density at radius 2 is 2.10 bits per heavy atom. The van der Waals surface area contributed by atoms with Crippen LogP contribution in [0.5, 0.6) is 0 Å². The molecular formula is C13H13F4N3. The molecule has 0 amide bonds. The highest BCUT2D eigenvalue weighted by molar-refractivity contribution is 5.77. The van der Waals surface area contributed by atoms with Gasteiger partial charge in [0.25, 0.3) is 0 Å². The van der Waals surface area contributed by atoms with Crippen LogP contribution < -0.4 is 5.32 Å². The van der Waals surface area contributed by atoms with Crippen LogP contribution in [0.15, 0.2) is 18.2 Å². The minimum absolute atomic E-state index is 0.0134. The van der Waals surface area contributed by atoms with Gasteiger partial charge < -0.3 is 9.88 Å². The number of benzene rings is 1. The average molecular weight is 287 g/mol. The third-order valence-electron chi connectivity index (χ3n) is 3.99. The zero-order valence-electron chi connectivity index (χ0n) is 10.8. The third kappa shape index (κ3) is 1.65. The monoisotopic (exact) mass is 287 g/mol. The molecule has 0 bridgehead atoms. The number of nitrogens with zero attached hydrogens (tertiary/aromatic N) is 2. The number of alkyl halides is 3. The molecule has 0 saturated carbocycles. The Labute approximate surface area is 112 Å². The molecule has 0 aliphatic carbocycles. The van der Waals surface area contributed by atoms with E-state index in [-0.39, 0.29) is 30.9 Å². The molecule has 108 valence electrons. The third-order valence-corrected chi connectivity index (χ3v) is 3.99. The molecule has 3 rings (SSSR count). The van der Waals surface area contributed by atoms with Crippen molar-refractivity contribution in [3.8, 4) is 0 Å². The van der Waals surface area contributed by atoms with E-state index in [4.69, 9.17) is 0 Å². The molecule has 1 N–H and O–H groups in total. The number of hydrogen-bond acceptors (Lipinski definition) is 2. The van der Waals surface area contributed by atoms with E-state index >= 15 is 0 Å². The van der Waals surface area contributed by atoms with Crippen molar-refractivity contribution < 1.29 is 17.6 Å². The summed E-state index contributed by atoms with van der Waals surface area (Å²) in [6, 6.07) is 4.24. The lowest BCUT2D eigenvalue weighted by molar-refractivity contribution is -0.187. The molecule has 3 nitrogen and oxygen atoms in total. The quantitative estimate of drug-likeness (QED) is 0.817. The fraction of sp³-hybridized carbons (Fsp3) is 0.462. The van der Waals surface area contributed by atoms with Gasteiger partial charge in [-0.05, 0) is 25.1 Å². The number of rotatable bonds is 1. The van der Waals surface area contributed by atoms with Crippen LogP contribution in [0.25, 0.3) is 11.0 Å². The first-order valence-corrected chi connectivity index (χ1v) is 6.26. The van der Waals surface area contributed by atoms with Gasteiger partial charge in [-0.1, -0.05) is 6.07 Å². The van der Waals surface area contributed by atoms with E-state index in [1.807, 2.05) is 0 Å². The second-order valence-electron chi connectivity index (χ2n) is 5.11. The summed E-state index contributed by atoms with van der Waals surface area (Å²) in [4.78, 5) is 3.96. The highest BCUT2D eigenvalue weighted by Gasteiger charge is 2.59. The molecule has 1 atom stereocenters. The van der Waals surface area contributed by atoms with E-state index in [9.17, 15) is 17.6 Å². The van der Waals surface area contributed by atoms with Gasteiger partial charge >= 0.3 is 6.18 Å². The molecule has 0 radical (unpaired) electrons. The predicted molar refractivity (Wildman–Crippen MR) is 65.9 cm³/mol. The number of imidazole rings is 1. The second-order valence-corrected chi connectivity index (χ2v) is 5.11. The van der Waals surface area contributed by atoms with Crippen LogP contribution in [0, 0.1) is 5.82 Å². The van der Waals surface area contributed by atoms with E-state index in [1.165, 1.54) is 23.7 Å². The summed E-state index contributed by atoms with van der Waals surface area (Å²) < 4.78 is 55.6. The number of halogens is 4. The summed E-state index contributed by atoms with van der Waals surface area (Å²) in [5, 5.41) is 2.74. The molecule has 7 heteroatoms. The van der Waals surface area contributed by atoms with Gasteiger partial charge in [-0.3, -0.25) is 0 Å². The van der Waals surface area contributed by atoms with Crippen molar-refractivity contribution in [1.82, 2.24) is 14.9 Å². The maximum atomic E-state index is 13.7. The smallest absolute Gasteiger partial charge is 0.330 e. The van der Waals surface area contributed by atoms with Gasteiger partial charge in [0.05, 0.1) is 5.52 Å². The van der Waals surface area contributed by atoms with E-state index in [2.05, 4.69) is 10.3 Å². The van der Waals surface area contributed by atoms with Crippen LogP contribution in [-0.2, 0) is 12.5 Å². The largest absolute Gasteiger partial charge is 0.402 e. The summed E-state index contributed by atoms with van der Waals surface area (Å²) in [6.07, 6.45) is -4.52. The van der Waals surface area contributed by atoms with Crippen molar-refractivity contribution >= 4 is 11.0 Å². The molecule has 20 heavy (non-hydrogen) atoms. The molecular weight excluding hydrogens is 274 g/mol. The Morgan fingerprint density at radius 3 is 2.65 bits per heavy atom. The predicted octanol–water partition coefficient (Wildman–Crippen LogP) is 2.51. The van der Waals surface area contributed by atoms with E-state index in [1.54, 1.807) is 6.07 Å². The van der Waals surface area contributed by atoms with E-state index in [0.717, 1.165) is 0 Å². The number of fused-ring (bicyclic) bond motifs is 1. The highest BCUT2D eigenvalue weighted by atomic mass is 19.4. The zero-order valence-corrected chi connectivity index (χ0v) is 10.8. The summed E-state index contributed by atoms with van der Waals surface area (Å²) in [5.41, 5.74) is -1.69. The SMILES string of the molecule is Cn1c(C2(C(F)(F)F)CCNC2)nc2c(F)cccc21. The van der Waals surface area contributed by atoms with Crippen molar-refractivity contribution in [2.45, 2.75) is 18.0 Å².